The molecule has 2 amide bonds. The lowest BCUT2D eigenvalue weighted by Crippen LogP contribution is -2.47. The highest BCUT2D eigenvalue weighted by atomic mass is 19.1. The van der Waals surface area contributed by atoms with E-state index in [1.54, 1.807) is 12.1 Å². The first-order valence-corrected chi connectivity index (χ1v) is 9.49. The van der Waals surface area contributed by atoms with Crippen LogP contribution in [0.4, 0.5) is 15.8 Å². The third kappa shape index (κ3) is 5.98. The first kappa shape index (κ1) is 21.9. The molecule has 0 aliphatic carbocycles. The van der Waals surface area contributed by atoms with Crippen LogP contribution in [-0.2, 0) is 9.59 Å². The van der Waals surface area contributed by atoms with Crippen molar-refractivity contribution in [2.45, 2.75) is 46.6 Å². The Hall–Kier alpha value is -2.15. The van der Waals surface area contributed by atoms with Gasteiger partial charge in [0.2, 0.25) is 11.8 Å². The molecule has 2 aliphatic rings. The third-order valence-corrected chi connectivity index (χ3v) is 3.99. The van der Waals surface area contributed by atoms with E-state index in [1.165, 1.54) is 6.07 Å². The number of nitrogens with zero attached hydrogens (tertiary/aromatic N) is 1. The van der Waals surface area contributed by atoms with E-state index in [1.807, 2.05) is 32.6 Å². The maximum Gasteiger partial charge on any atom is 0.249 e. The lowest BCUT2D eigenvalue weighted by molar-refractivity contribution is -0.133. The Bertz CT molecular complexity index is 589. The molecule has 1 unspecified atom stereocenters. The van der Waals surface area contributed by atoms with Crippen LogP contribution in [0.25, 0.3) is 0 Å². The van der Waals surface area contributed by atoms with Gasteiger partial charge in [-0.15, -0.1) is 0 Å². The summed E-state index contributed by atoms with van der Waals surface area (Å²) in [6.07, 6.45) is 0.719. The van der Waals surface area contributed by atoms with E-state index >= 15 is 0 Å². The standard InChI is InChI=1S/C15H19FN4O2.2C2H6/c16-11-9-10(18-12-2-4-14(21)19-15(12)22)1-3-13(11)20-7-5-17-6-8-20;2*1-2/h1,3,9,12,17-18H,2,4-8H2,(H,19,21,22);2*1-2H3. The monoisotopic (exact) mass is 366 g/mol. The number of piperidine rings is 1. The highest BCUT2D eigenvalue weighted by molar-refractivity contribution is 6.01. The molecule has 1 atom stereocenters. The van der Waals surface area contributed by atoms with E-state index in [9.17, 15) is 14.0 Å². The molecule has 2 aliphatic heterocycles. The Morgan fingerprint density at radius 2 is 1.77 bits per heavy atom. The molecule has 3 N–H and O–H groups in total. The number of hydrogen-bond acceptors (Lipinski definition) is 5. The van der Waals surface area contributed by atoms with Gasteiger partial charge < -0.3 is 15.5 Å². The first-order chi connectivity index (χ1) is 12.6. The van der Waals surface area contributed by atoms with Crippen molar-refractivity contribution in [1.29, 1.82) is 0 Å². The lowest BCUT2D eigenvalue weighted by Gasteiger charge is -2.30. The van der Waals surface area contributed by atoms with Crippen molar-refractivity contribution >= 4 is 23.2 Å². The van der Waals surface area contributed by atoms with Crippen molar-refractivity contribution in [3.63, 3.8) is 0 Å². The molecule has 146 valence electrons. The number of nitrogens with one attached hydrogen (secondary N) is 3. The van der Waals surface area contributed by atoms with Crippen LogP contribution < -0.4 is 20.9 Å². The Morgan fingerprint density at radius 1 is 1.12 bits per heavy atom. The second-order valence-corrected chi connectivity index (χ2v) is 5.55. The van der Waals surface area contributed by atoms with Crippen LogP contribution in [-0.4, -0.2) is 44.0 Å². The molecule has 2 heterocycles. The summed E-state index contributed by atoms with van der Waals surface area (Å²) >= 11 is 0. The highest BCUT2D eigenvalue weighted by Crippen LogP contribution is 2.24. The van der Waals surface area contributed by atoms with Crippen LogP contribution in [0.1, 0.15) is 40.5 Å². The Labute approximate surface area is 155 Å². The van der Waals surface area contributed by atoms with E-state index in [-0.39, 0.29) is 17.6 Å². The number of benzene rings is 1. The van der Waals surface area contributed by atoms with Crippen molar-refractivity contribution in [3.8, 4) is 0 Å². The van der Waals surface area contributed by atoms with Gasteiger partial charge in [0.1, 0.15) is 11.9 Å². The second-order valence-electron chi connectivity index (χ2n) is 5.55. The van der Waals surface area contributed by atoms with Gasteiger partial charge in [0.25, 0.3) is 0 Å². The molecule has 0 spiro atoms. The zero-order chi connectivity index (χ0) is 19.5. The normalized spacial score (nSPS) is 19.4. The van der Waals surface area contributed by atoms with Crippen LogP contribution in [0, 0.1) is 5.82 Å². The van der Waals surface area contributed by atoms with Gasteiger partial charge in [0.05, 0.1) is 5.69 Å². The Morgan fingerprint density at radius 3 is 2.35 bits per heavy atom. The zero-order valence-electron chi connectivity index (χ0n) is 16.2. The molecule has 0 saturated carbocycles. The second kappa shape index (κ2) is 11.5. The highest BCUT2D eigenvalue weighted by Gasteiger charge is 2.26. The van der Waals surface area contributed by atoms with Crippen LogP contribution in [0.5, 0.6) is 0 Å². The number of piperazine rings is 1. The molecular weight excluding hydrogens is 335 g/mol. The summed E-state index contributed by atoms with van der Waals surface area (Å²) in [7, 11) is 0. The molecule has 2 fully saturated rings. The summed E-state index contributed by atoms with van der Waals surface area (Å²) < 4.78 is 14.3. The minimum atomic E-state index is -0.498. The van der Waals surface area contributed by atoms with Crippen molar-refractivity contribution < 1.29 is 14.0 Å². The quantitative estimate of drug-likeness (QED) is 0.717. The van der Waals surface area contributed by atoms with Gasteiger partial charge in [0.15, 0.2) is 0 Å². The third-order valence-electron chi connectivity index (χ3n) is 3.99. The van der Waals surface area contributed by atoms with E-state index in [4.69, 9.17) is 0 Å². The largest absolute Gasteiger partial charge is 0.374 e. The van der Waals surface area contributed by atoms with Crippen molar-refractivity contribution in [3.05, 3.63) is 24.0 Å². The van der Waals surface area contributed by atoms with E-state index in [0.717, 1.165) is 26.2 Å². The molecule has 26 heavy (non-hydrogen) atoms. The maximum atomic E-state index is 14.3. The van der Waals surface area contributed by atoms with Gasteiger partial charge >= 0.3 is 0 Å². The summed E-state index contributed by atoms with van der Waals surface area (Å²) in [4.78, 5) is 24.8. The molecule has 7 heteroatoms. The summed E-state index contributed by atoms with van der Waals surface area (Å²) in [5.41, 5.74) is 1.13. The number of carbonyl (C=O) groups is 2. The number of rotatable bonds is 3. The van der Waals surface area contributed by atoms with Gasteiger partial charge in [-0.2, -0.15) is 0 Å². The summed E-state index contributed by atoms with van der Waals surface area (Å²) in [6.45, 7) is 11.2. The molecule has 0 aromatic heterocycles. The molecular formula is C19H31FN4O2. The molecule has 3 rings (SSSR count). The summed E-state index contributed by atoms with van der Waals surface area (Å²) in [5.74, 6) is -0.926. The van der Waals surface area contributed by atoms with Gasteiger partial charge in [-0.3, -0.25) is 14.9 Å². The Kier molecular flexibility index (Phi) is 9.65. The minimum absolute atomic E-state index is 0.261. The average molecular weight is 366 g/mol. The molecule has 1 aromatic rings. The lowest BCUT2D eigenvalue weighted by atomic mass is 10.1. The number of hydrogen-bond donors (Lipinski definition) is 3. The van der Waals surface area contributed by atoms with E-state index < -0.39 is 6.04 Å². The number of anilines is 2. The van der Waals surface area contributed by atoms with Gasteiger partial charge in [0, 0.05) is 38.3 Å². The first-order valence-electron chi connectivity index (χ1n) is 9.49. The predicted molar refractivity (Wildman–Crippen MR) is 104 cm³/mol. The number of halogens is 1. The van der Waals surface area contributed by atoms with E-state index in [2.05, 4.69) is 16.0 Å². The number of carbonyl (C=O) groups excluding carboxylic acids is 2. The van der Waals surface area contributed by atoms with Crippen molar-refractivity contribution in [1.82, 2.24) is 10.6 Å². The smallest absolute Gasteiger partial charge is 0.249 e. The number of amides is 2. The molecule has 0 radical (unpaired) electrons. The van der Waals surface area contributed by atoms with Gasteiger partial charge in [-0.1, -0.05) is 27.7 Å². The fourth-order valence-electron chi connectivity index (χ4n) is 2.79. The predicted octanol–water partition coefficient (Wildman–Crippen LogP) is 2.50. The molecule has 2 saturated heterocycles. The van der Waals surface area contributed by atoms with Crippen molar-refractivity contribution in [2.24, 2.45) is 0 Å². The minimum Gasteiger partial charge on any atom is -0.374 e. The average Bonchev–Trinajstić information content (AvgIpc) is 2.68. The maximum absolute atomic E-state index is 14.3. The number of imide groups is 1. The molecule has 6 nitrogen and oxygen atoms in total. The van der Waals surface area contributed by atoms with Gasteiger partial charge in [-0.05, 0) is 24.6 Å². The fraction of sp³-hybridized carbons (Fsp3) is 0.579. The summed E-state index contributed by atoms with van der Waals surface area (Å²) in [6, 6.07) is 4.40. The van der Waals surface area contributed by atoms with Crippen LogP contribution in [0.2, 0.25) is 0 Å². The Balaban J connectivity index is 0.000000791. The fourth-order valence-corrected chi connectivity index (χ4v) is 2.79. The van der Waals surface area contributed by atoms with Crippen LogP contribution in [0.15, 0.2) is 18.2 Å². The topological polar surface area (TPSA) is 73.5 Å². The molecule has 1 aromatic carbocycles. The van der Waals surface area contributed by atoms with Crippen LogP contribution >= 0.6 is 0 Å². The van der Waals surface area contributed by atoms with Gasteiger partial charge in [-0.25, -0.2) is 4.39 Å². The zero-order valence-corrected chi connectivity index (χ0v) is 16.2. The van der Waals surface area contributed by atoms with Crippen molar-refractivity contribution in [2.75, 3.05) is 36.4 Å². The SMILES string of the molecule is CC.CC.O=C1CCC(Nc2ccc(N3CCNCC3)c(F)c2)C(=O)N1. The van der Waals surface area contributed by atoms with E-state index in [0.29, 0.717) is 24.2 Å². The molecule has 0 bridgehead atoms. The van der Waals surface area contributed by atoms with Crippen LogP contribution in [0.3, 0.4) is 0 Å². The summed E-state index contributed by atoms with van der Waals surface area (Å²) in [5, 5.41) is 8.49.